The van der Waals surface area contributed by atoms with Crippen molar-refractivity contribution in [1.82, 2.24) is 9.88 Å². The molecular weight excluding hydrogens is 300 g/mol. The lowest BCUT2D eigenvalue weighted by atomic mass is 9.75. The number of pyridine rings is 1. The highest BCUT2D eigenvalue weighted by Crippen LogP contribution is 2.42. The SMILES string of the molecule is c1ccc2sc(-c3ccc(C45CCCN(CC4)C5)cn3)cc2c1. The number of rotatable bonds is 2. The van der Waals surface area contributed by atoms with E-state index in [0.717, 1.165) is 5.69 Å². The molecule has 4 heterocycles. The lowest BCUT2D eigenvalue weighted by Gasteiger charge is -2.34. The Kier molecular flexibility index (Phi) is 3.07. The fourth-order valence-corrected chi connectivity index (χ4v) is 5.38. The van der Waals surface area contributed by atoms with Gasteiger partial charge in [-0.25, -0.2) is 0 Å². The molecule has 2 nitrogen and oxygen atoms in total. The quantitative estimate of drug-likeness (QED) is 0.680. The third kappa shape index (κ3) is 2.22. The van der Waals surface area contributed by atoms with E-state index in [-0.39, 0.29) is 0 Å². The first-order chi connectivity index (χ1) is 11.3. The molecule has 0 spiro atoms. The van der Waals surface area contributed by atoms with Gasteiger partial charge >= 0.3 is 0 Å². The van der Waals surface area contributed by atoms with Crippen molar-refractivity contribution >= 4 is 21.4 Å². The Bertz CT molecular complexity index is 814. The molecule has 2 aliphatic heterocycles. The van der Waals surface area contributed by atoms with Crippen LogP contribution in [-0.4, -0.2) is 29.5 Å². The van der Waals surface area contributed by atoms with Crippen molar-refractivity contribution < 1.29 is 0 Å². The fraction of sp³-hybridized carbons (Fsp3) is 0.350. The average molecular weight is 320 g/mol. The summed E-state index contributed by atoms with van der Waals surface area (Å²) >= 11 is 1.83. The molecule has 23 heavy (non-hydrogen) atoms. The Morgan fingerprint density at radius 3 is 2.87 bits per heavy atom. The summed E-state index contributed by atoms with van der Waals surface area (Å²) in [6.07, 6.45) is 6.11. The first-order valence-electron chi connectivity index (χ1n) is 8.50. The maximum Gasteiger partial charge on any atom is 0.0802 e. The molecule has 2 aliphatic rings. The Labute approximate surface area is 140 Å². The van der Waals surface area contributed by atoms with Crippen molar-refractivity contribution in [3.05, 3.63) is 54.2 Å². The maximum absolute atomic E-state index is 4.82. The molecule has 2 aromatic heterocycles. The van der Waals surface area contributed by atoms with Crippen LogP contribution in [-0.2, 0) is 5.41 Å². The topological polar surface area (TPSA) is 16.1 Å². The van der Waals surface area contributed by atoms with Gasteiger partial charge < -0.3 is 4.90 Å². The molecule has 2 bridgehead atoms. The van der Waals surface area contributed by atoms with Crippen molar-refractivity contribution in [3.8, 4) is 10.6 Å². The minimum absolute atomic E-state index is 0.379. The van der Waals surface area contributed by atoms with E-state index < -0.39 is 0 Å². The van der Waals surface area contributed by atoms with Gasteiger partial charge in [0.1, 0.15) is 0 Å². The van der Waals surface area contributed by atoms with Crippen molar-refractivity contribution in [2.75, 3.05) is 19.6 Å². The van der Waals surface area contributed by atoms with E-state index in [4.69, 9.17) is 4.98 Å². The number of thiophene rings is 1. The second kappa shape index (κ2) is 5.15. The Balaban J connectivity index is 1.49. The number of benzene rings is 1. The van der Waals surface area contributed by atoms with Gasteiger partial charge in [-0.1, -0.05) is 24.3 Å². The molecule has 0 N–H and O–H groups in total. The molecule has 116 valence electrons. The molecule has 0 amide bonds. The number of hydrogen-bond donors (Lipinski definition) is 0. The zero-order valence-corrected chi connectivity index (χ0v) is 14.0. The van der Waals surface area contributed by atoms with Crippen molar-refractivity contribution in [3.63, 3.8) is 0 Å². The van der Waals surface area contributed by atoms with E-state index in [0.29, 0.717) is 5.41 Å². The standard InChI is InChI=1S/C20H20N2S/c1-2-5-18-15(4-1)12-19(23-18)17-7-6-16(13-21-17)20-8-3-10-22(14-20)11-9-20/h1-2,4-7,12-13H,3,8-11,14H2. The minimum Gasteiger partial charge on any atom is -0.302 e. The van der Waals surface area contributed by atoms with E-state index in [2.05, 4.69) is 53.6 Å². The molecule has 3 heteroatoms. The smallest absolute Gasteiger partial charge is 0.0802 e. The monoisotopic (exact) mass is 320 g/mol. The summed E-state index contributed by atoms with van der Waals surface area (Å²) in [4.78, 5) is 8.71. The zero-order valence-electron chi connectivity index (χ0n) is 13.2. The predicted molar refractivity (Wildman–Crippen MR) is 97.0 cm³/mol. The van der Waals surface area contributed by atoms with Gasteiger partial charge in [0.15, 0.2) is 0 Å². The Morgan fingerprint density at radius 2 is 2.00 bits per heavy atom. The van der Waals surface area contributed by atoms with Crippen LogP contribution in [0.2, 0.25) is 0 Å². The van der Waals surface area contributed by atoms with Crippen LogP contribution in [0.15, 0.2) is 48.7 Å². The third-order valence-electron chi connectivity index (χ3n) is 5.62. The number of fused-ring (bicyclic) bond motifs is 3. The zero-order chi connectivity index (χ0) is 15.3. The molecule has 3 aromatic rings. The van der Waals surface area contributed by atoms with Gasteiger partial charge in [0.2, 0.25) is 0 Å². The lowest BCUT2D eigenvalue weighted by Crippen LogP contribution is -2.36. The van der Waals surface area contributed by atoms with Gasteiger partial charge in [0, 0.05) is 22.9 Å². The van der Waals surface area contributed by atoms with Crippen molar-refractivity contribution in [2.24, 2.45) is 0 Å². The van der Waals surface area contributed by atoms with Crippen molar-refractivity contribution in [2.45, 2.75) is 24.7 Å². The van der Waals surface area contributed by atoms with E-state index >= 15 is 0 Å². The van der Waals surface area contributed by atoms with Gasteiger partial charge in [0.05, 0.1) is 10.6 Å². The van der Waals surface area contributed by atoms with Gasteiger partial charge in [0.25, 0.3) is 0 Å². The summed E-state index contributed by atoms with van der Waals surface area (Å²) < 4.78 is 1.34. The summed E-state index contributed by atoms with van der Waals surface area (Å²) in [5.41, 5.74) is 2.94. The normalized spacial score (nSPS) is 26.7. The largest absolute Gasteiger partial charge is 0.302 e. The summed E-state index contributed by atoms with van der Waals surface area (Å²) in [5, 5.41) is 1.32. The van der Waals surface area contributed by atoms with Crippen LogP contribution in [0.3, 0.4) is 0 Å². The van der Waals surface area contributed by atoms with E-state index in [1.807, 2.05) is 11.3 Å². The maximum atomic E-state index is 4.82. The fourth-order valence-electron chi connectivity index (χ4n) is 4.34. The van der Waals surface area contributed by atoms with Crippen LogP contribution < -0.4 is 0 Å². The van der Waals surface area contributed by atoms with Crippen LogP contribution in [0.25, 0.3) is 20.7 Å². The summed E-state index contributed by atoms with van der Waals surface area (Å²) in [6.45, 7) is 3.78. The molecular formula is C20H20N2S. The molecule has 0 aliphatic carbocycles. The van der Waals surface area contributed by atoms with E-state index in [1.165, 1.54) is 59.4 Å². The highest BCUT2D eigenvalue weighted by molar-refractivity contribution is 7.22. The van der Waals surface area contributed by atoms with Crippen LogP contribution in [0.5, 0.6) is 0 Å². The molecule has 2 unspecified atom stereocenters. The van der Waals surface area contributed by atoms with Crippen LogP contribution in [0, 0.1) is 0 Å². The first kappa shape index (κ1) is 13.7. The average Bonchev–Trinajstić information content (AvgIpc) is 3.16. The molecule has 2 atom stereocenters. The van der Waals surface area contributed by atoms with Crippen LogP contribution in [0.1, 0.15) is 24.8 Å². The van der Waals surface area contributed by atoms with Gasteiger partial charge in [-0.2, -0.15) is 0 Å². The van der Waals surface area contributed by atoms with Gasteiger partial charge in [-0.15, -0.1) is 11.3 Å². The van der Waals surface area contributed by atoms with Crippen LogP contribution >= 0.6 is 11.3 Å². The van der Waals surface area contributed by atoms with Gasteiger partial charge in [-0.3, -0.25) is 4.98 Å². The molecule has 0 saturated carbocycles. The summed E-state index contributed by atoms with van der Waals surface area (Å²) in [7, 11) is 0. The molecule has 0 radical (unpaired) electrons. The van der Waals surface area contributed by atoms with E-state index in [9.17, 15) is 0 Å². The molecule has 1 aromatic carbocycles. The van der Waals surface area contributed by atoms with Crippen LogP contribution in [0.4, 0.5) is 0 Å². The molecule has 5 rings (SSSR count). The highest BCUT2D eigenvalue weighted by Gasteiger charge is 2.42. The Hall–Kier alpha value is -1.71. The number of hydrogen-bond acceptors (Lipinski definition) is 3. The lowest BCUT2D eigenvalue weighted by molar-refractivity contribution is 0.243. The number of nitrogens with zero attached hydrogens (tertiary/aromatic N) is 2. The summed E-state index contributed by atoms with van der Waals surface area (Å²) in [6, 6.07) is 15.4. The minimum atomic E-state index is 0.379. The van der Waals surface area contributed by atoms with Crippen molar-refractivity contribution in [1.29, 1.82) is 0 Å². The number of piperidine rings is 1. The Morgan fingerprint density at radius 1 is 1.04 bits per heavy atom. The first-order valence-corrected chi connectivity index (χ1v) is 9.32. The second-order valence-electron chi connectivity index (χ2n) is 6.99. The summed E-state index contributed by atoms with van der Waals surface area (Å²) in [5.74, 6) is 0. The predicted octanol–water partition coefficient (Wildman–Crippen LogP) is 4.70. The van der Waals surface area contributed by atoms with E-state index in [1.54, 1.807) is 0 Å². The van der Waals surface area contributed by atoms with Gasteiger partial charge in [-0.05, 0) is 61.5 Å². The second-order valence-corrected chi connectivity index (χ2v) is 8.07. The third-order valence-corrected chi connectivity index (χ3v) is 6.75. The molecule has 2 saturated heterocycles. The highest BCUT2D eigenvalue weighted by atomic mass is 32.1. The number of aromatic nitrogens is 1. The molecule has 2 fully saturated rings.